The number of carbonyl (C=O) groups is 3. The first kappa shape index (κ1) is 15.4. The molecule has 1 aliphatic rings. The zero-order valence-electron chi connectivity index (χ0n) is 11.4. The number of nitrogens with zero attached hydrogens (tertiary/aromatic N) is 1. The van der Waals surface area contributed by atoms with Crippen molar-refractivity contribution in [2.75, 3.05) is 23.5 Å². The number of carbonyl (C=O) groups excluding carboxylic acids is 2. The van der Waals surface area contributed by atoms with Gasteiger partial charge in [0.25, 0.3) is 0 Å². The van der Waals surface area contributed by atoms with Gasteiger partial charge in [-0.05, 0) is 18.1 Å². The number of aryl methyl sites for hydroxylation is 1. The largest absolute Gasteiger partial charge is 0.481 e. The molecule has 7 heteroatoms. The molecule has 112 valence electrons. The van der Waals surface area contributed by atoms with Crippen LogP contribution < -0.4 is 5.32 Å². The number of hydrogen-bond donors (Lipinski definition) is 2. The van der Waals surface area contributed by atoms with E-state index in [0.29, 0.717) is 23.7 Å². The lowest BCUT2D eigenvalue weighted by Crippen LogP contribution is -2.34. The molecule has 2 amide bonds. The van der Waals surface area contributed by atoms with Crippen LogP contribution in [0.15, 0.2) is 24.3 Å². The van der Waals surface area contributed by atoms with E-state index in [9.17, 15) is 14.4 Å². The van der Waals surface area contributed by atoms with Gasteiger partial charge >= 0.3 is 5.97 Å². The van der Waals surface area contributed by atoms with E-state index in [0.717, 1.165) is 5.56 Å². The number of thioether (sulfide) groups is 1. The molecule has 1 aliphatic heterocycles. The molecule has 0 radical (unpaired) electrons. The predicted molar refractivity (Wildman–Crippen MR) is 80.1 cm³/mol. The summed E-state index contributed by atoms with van der Waals surface area (Å²) in [5.41, 5.74) is 1.37. The SMILES string of the molecule is O=C(O)CCc1ccccc1NC(=O)CN1CSCC1=O. The Morgan fingerprint density at radius 3 is 2.76 bits per heavy atom. The third-order valence-corrected chi connectivity index (χ3v) is 4.00. The number of rotatable bonds is 6. The Balaban J connectivity index is 1.96. The summed E-state index contributed by atoms with van der Waals surface area (Å²) in [7, 11) is 0. The summed E-state index contributed by atoms with van der Waals surface area (Å²) in [4.78, 5) is 35.6. The first-order valence-electron chi connectivity index (χ1n) is 6.51. The van der Waals surface area contributed by atoms with Gasteiger partial charge in [-0.2, -0.15) is 0 Å². The van der Waals surface area contributed by atoms with Gasteiger partial charge in [-0.3, -0.25) is 14.4 Å². The van der Waals surface area contributed by atoms with E-state index in [1.54, 1.807) is 24.3 Å². The highest BCUT2D eigenvalue weighted by atomic mass is 32.2. The Hall–Kier alpha value is -2.02. The molecule has 0 atom stereocenters. The molecule has 1 aromatic rings. The molecule has 1 fully saturated rings. The van der Waals surface area contributed by atoms with Crippen molar-refractivity contribution in [2.45, 2.75) is 12.8 Å². The van der Waals surface area contributed by atoms with Crippen LogP contribution in [0.3, 0.4) is 0 Å². The summed E-state index contributed by atoms with van der Waals surface area (Å²) in [5.74, 6) is -0.228. The third-order valence-electron chi connectivity index (χ3n) is 3.06. The molecule has 6 nitrogen and oxygen atoms in total. The molecule has 0 bridgehead atoms. The number of carboxylic acids is 1. The molecule has 1 heterocycles. The summed E-state index contributed by atoms with van der Waals surface area (Å²) in [6.07, 6.45) is 0.360. The Bertz CT molecular complexity index is 562. The summed E-state index contributed by atoms with van der Waals surface area (Å²) in [5, 5.41) is 11.5. The molecule has 2 N–H and O–H groups in total. The van der Waals surface area contributed by atoms with Gasteiger partial charge in [0, 0.05) is 12.1 Å². The van der Waals surface area contributed by atoms with Crippen LogP contribution in [0.1, 0.15) is 12.0 Å². The van der Waals surface area contributed by atoms with Gasteiger partial charge in [0.1, 0.15) is 6.54 Å². The third kappa shape index (κ3) is 4.49. The van der Waals surface area contributed by atoms with E-state index >= 15 is 0 Å². The molecule has 0 saturated carbocycles. The minimum atomic E-state index is -0.879. The van der Waals surface area contributed by atoms with Crippen LogP contribution in [0, 0.1) is 0 Å². The molecule has 1 aromatic carbocycles. The number of para-hydroxylation sites is 1. The number of aliphatic carboxylic acids is 1. The maximum atomic E-state index is 12.0. The lowest BCUT2D eigenvalue weighted by atomic mass is 10.1. The first-order chi connectivity index (χ1) is 10.1. The fourth-order valence-corrected chi connectivity index (χ4v) is 2.91. The van der Waals surface area contributed by atoms with Gasteiger partial charge in [-0.1, -0.05) is 18.2 Å². The summed E-state index contributed by atoms with van der Waals surface area (Å²) < 4.78 is 0. The van der Waals surface area contributed by atoms with Crippen LogP contribution >= 0.6 is 11.8 Å². The van der Waals surface area contributed by atoms with Crippen molar-refractivity contribution in [3.63, 3.8) is 0 Å². The zero-order valence-corrected chi connectivity index (χ0v) is 12.2. The van der Waals surface area contributed by atoms with Gasteiger partial charge < -0.3 is 15.3 Å². The van der Waals surface area contributed by atoms with Crippen LogP contribution in [0.4, 0.5) is 5.69 Å². The Morgan fingerprint density at radius 1 is 1.33 bits per heavy atom. The van der Waals surface area contributed by atoms with Gasteiger partial charge in [0.2, 0.25) is 11.8 Å². The summed E-state index contributed by atoms with van der Waals surface area (Å²) in [6, 6.07) is 7.09. The highest BCUT2D eigenvalue weighted by Gasteiger charge is 2.23. The molecule has 2 rings (SSSR count). The molecule has 0 unspecified atom stereocenters. The average Bonchev–Trinajstić information content (AvgIpc) is 2.83. The van der Waals surface area contributed by atoms with Crippen LogP contribution in [0.25, 0.3) is 0 Å². The van der Waals surface area contributed by atoms with Gasteiger partial charge in [0.05, 0.1) is 11.6 Å². The highest BCUT2D eigenvalue weighted by molar-refractivity contribution is 8.00. The van der Waals surface area contributed by atoms with E-state index < -0.39 is 5.97 Å². The number of carboxylic acid groups (broad SMARTS) is 1. The van der Waals surface area contributed by atoms with Crippen LogP contribution in [0.5, 0.6) is 0 Å². The Kier molecular flexibility index (Phi) is 5.21. The molecular formula is C14H16N2O4S. The lowest BCUT2D eigenvalue weighted by molar-refractivity contribution is -0.137. The normalized spacial score (nSPS) is 14.3. The number of hydrogen-bond acceptors (Lipinski definition) is 4. The fourth-order valence-electron chi connectivity index (χ4n) is 2.01. The smallest absolute Gasteiger partial charge is 0.303 e. The number of anilines is 1. The van der Waals surface area contributed by atoms with Crippen LogP contribution in [-0.4, -0.2) is 46.0 Å². The van der Waals surface area contributed by atoms with Gasteiger partial charge in [0.15, 0.2) is 0 Å². The second kappa shape index (κ2) is 7.12. The summed E-state index contributed by atoms with van der Waals surface area (Å²) in [6.45, 7) is 0.0269. The maximum Gasteiger partial charge on any atom is 0.303 e. The number of amides is 2. The monoisotopic (exact) mass is 308 g/mol. The van der Waals surface area contributed by atoms with E-state index in [1.165, 1.54) is 16.7 Å². The second-order valence-corrected chi connectivity index (χ2v) is 5.62. The van der Waals surface area contributed by atoms with Crippen molar-refractivity contribution < 1.29 is 19.5 Å². The molecule has 1 saturated heterocycles. The molecule has 0 aliphatic carbocycles. The minimum absolute atomic E-state index is 0.00807. The quantitative estimate of drug-likeness (QED) is 0.824. The van der Waals surface area contributed by atoms with E-state index in [1.807, 2.05) is 0 Å². The number of nitrogens with one attached hydrogen (secondary N) is 1. The second-order valence-electron chi connectivity index (χ2n) is 4.67. The average molecular weight is 308 g/mol. The zero-order chi connectivity index (χ0) is 15.2. The Labute approximate surface area is 126 Å². The van der Waals surface area contributed by atoms with Crippen LogP contribution in [-0.2, 0) is 20.8 Å². The molecular weight excluding hydrogens is 292 g/mol. The van der Waals surface area contributed by atoms with Crippen molar-refractivity contribution in [3.05, 3.63) is 29.8 Å². The topological polar surface area (TPSA) is 86.7 Å². The van der Waals surface area contributed by atoms with E-state index in [2.05, 4.69) is 5.32 Å². The molecule has 0 aromatic heterocycles. The van der Waals surface area contributed by atoms with Crippen molar-refractivity contribution in [1.29, 1.82) is 0 Å². The van der Waals surface area contributed by atoms with E-state index in [-0.39, 0.29) is 24.8 Å². The van der Waals surface area contributed by atoms with Gasteiger partial charge in [-0.25, -0.2) is 0 Å². The number of benzene rings is 1. The van der Waals surface area contributed by atoms with Crippen molar-refractivity contribution in [3.8, 4) is 0 Å². The summed E-state index contributed by atoms with van der Waals surface area (Å²) >= 11 is 1.48. The van der Waals surface area contributed by atoms with Crippen LogP contribution in [0.2, 0.25) is 0 Å². The van der Waals surface area contributed by atoms with Crippen molar-refractivity contribution in [1.82, 2.24) is 4.90 Å². The maximum absolute atomic E-state index is 12.0. The fraction of sp³-hybridized carbons (Fsp3) is 0.357. The van der Waals surface area contributed by atoms with Crippen molar-refractivity contribution >= 4 is 35.2 Å². The standard InChI is InChI=1S/C14H16N2O4S/c17-12(7-16-9-21-8-13(16)18)15-11-4-2-1-3-10(11)5-6-14(19)20/h1-4H,5-9H2,(H,15,17)(H,19,20). The lowest BCUT2D eigenvalue weighted by Gasteiger charge is -2.15. The van der Waals surface area contributed by atoms with Crippen molar-refractivity contribution in [2.24, 2.45) is 0 Å². The highest BCUT2D eigenvalue weighted by Crippen LogP contribution is 2.18. The Morgan fingerprint density at radius 2 is 2.10 bits per heavy atom. The molecule has 21 heavy (non-hydrogen) atoms. The minimum Gasteiger partial charge on any atom is -0.481 e. The van der Waals surface area contributed by atoms with Gasteiger partial charge in [-0.15, -0.1) is 11.8 Å². The molecule has 0 spiro atoms. The predicted octanol–water partition coefficient (Wildman–Crippen LogP) is 1.18. The first-order valence-corrected chi connectivity index (χ1v) is 7.67. The van der Waals surface area contributed by atoms with E-state index in [4.69, 9.17) is 5.11 Å².